The highest BCUT2D eigenvalue weighted by Crippen LogP contribution is 2.26. The summed E-state index contributed by atoms with van der Waals surface area (Å²) in [5, 5.41) is 2.91. The van der Waals surface area contributed by atoms with E-state index in [2.05, 4.69) is 10.3 Å². The van der Waals surface area contributed by atoms with E-state index in [-0.39, 0.29) is 24.3 Å². The van der Waals surface area contributed by atoms with Gasteiger partial charge >= 0.3 is 0 Å². The Kier molecular flexibility index (Phi) is 5.16. The van der Waals surface area contributed by atoms with Crippen LogP contribution in [0.2, 0.25) is 0 Å². The standard InChI is InChI=1S/C16H23N3O2S2/c1-10-13(23-16(22)17-10)9-14(20)18-12-7-8-19(15(12)21)11-5-3-2-4-6-11/h11-12H,2-9H2,1H3,(H,17,22)(H,18,20)/t12-/m0/s1. The Balaban J connectivity index is 1.56. The molecule has 2 N–H and O–H groups in total. The fourth-order valence-corrected chi connectivity index (χ4v) is 4.88. The number of aromatic amines is 1. The highest BCUT2D eigenvalue weighted by molar-refractivity contribution is 7.73. The smallest absolute Gasteiger partial charge is 0.245 e. The van der Waals surface area contributed by atoms with Gasteiger partial charge in [0.15, 0.2) is 3.95 Å². The molecular weight excluding hydrogens is 330 g/mol. The van der Waals surface area contributed by atoms with E-state index in [9.17, 15) is 9.59 Å². The third-order valence-electron chi connectivity index (χ3n) is 4.84. The van der Waals surface area contributed by atoms with Crippen LogP contribution in [0.25, 0.3) is 0 Å². The average molecular weight is 354 g/mol. The molecule has 3 rings (SSSR count). The van der Waals surface area contributed by atoms with E-state index in [0.717, 1.165) is 36.4 Å². The first-order valence-corrected chi connectivity index (χ1v) is 9.55. The summed E-state index contributed by atoms with van der Waals surface area (Å²) in [7, 11) is 0. The molecule has 1 atom stereocenters. The molecule has 0 aromatic carbocycles. The lowest BCUT2D eigenvalue weighted by atomic mass is 9.94. The molecule has 1 aliphatic heterocycles. The molecule has 2 fully saturated rings. The molecule has 0 spiro atoms. The van der Waals surface area contributed by atoms with Gasteiger partial charge in [0, 0.05) is 23.2 Å². The average Bonchev–Trinajstić information content (AvgIpc) is 3.03. The van der Waals surface area contributed by atoms with Gasteiger partial charge in [-0.2, -0.15) is 0 Å². The highest BCUT2D eigenvalue weighted by atomic mass is 32.1. The number of likely N-dealkylation sites (tertiary alicyclic amines) is 1. The number of nitrogens with one attached hydrogen (secondary N) is 2. The van der Waals surface area contributed by atoms with Gasteiger partial charge in [-0.1, -0.05) is 19.3 Å². The Labute approximate surface area is 145 Å². The van der Waals surface area contributed by atoms with E-state index in [1.165, 1.54) is 30.6 Å². The topological polar surface area (TPSA) is 65.2 Å². The van der Waals surface area contributed by atoms with Crippen molar-refractivity contribution in [2.45, 2.75) is 64.0 Å². The van der Waals surface area contributed by atoms with Crippen LogP contribution in [0, 0.1) is 10.9 Å². The zero-order chi connectivity index (χ0) is 16.4. The normalized spacial score (nSPS) is 22.6. The molecule has 23 heavy (non-hydrogen) atoms. The summed E-state index contributed by atoms with van der Waals surface area (Å²) in [6, 6.07) is 0.0340. The molecule has 1 aromatic heterocycles. The fraction of sp³-hybridized carbons (Fsp3) is 0.688. The second-order valence-electron chi connectivity index (χ2n) is 6.47. The number of hydrogen-bond donors (Lipinski definition) is 2. The van der Waals surface area contributed by atoms with Gasteiger partial charge in [0.1, 0.15) is 6.04 Å². The van der Waals surface area contributed by atoms with E-state index < -0.39 is 0 Å². The van der Waals surface area contributed by atoms with Crippen molar-refractivity contribution in [1.29, 1.82) is 0 Å². The van der Waals surface area contributed by atoms with Gasteiger partial charge in [-0.15, -0.1) is 11.3 Å². The fourth-order valence-electron chi connectivity index (χ4n) is 3.59. The summed E-state index contributed by atoms with van der Waals surface area (Å²) in [5.41, 5.74) is 0.941. The summed E-state index contributed by atoms with van der Waals surface area (Å²) in [4.78, 5) is 30.8. The lowest BCUT2D eigenvalue weighted by Crippen LogP contribution is -2.45. The molecule has 1 saturated carbocycles. The van der Waals surface area contributed by atoms with Crippen molar-refractivity contribution >= 4 is 35.4 Å². The monoisotopic (exact) mass is 353 g/mol. The van der Waals surface area contributed by atoms with Crippen LogP contribution in [0.5, 0.6) is 0 Å². The first-order chi connectivity index (χ1) is 11.0. The molecule has 1 aromatic rings. The first-order valence-electron chi connectivity index (χ1n) is 8.33. The lowest BCUT2D eigenvalue weighted by Gasteiger charge is -2.31. The van der Waals surface area contributed by atoms with Crippen LogP contribution >= 0.6 is 23.6 Å². The van der Waals surface area contributed by atoms with Crippen molar-refractivity contribution in [2.24, 2.45) is 0 Å². The van der Waals surface area contributed by atoms with Crippen molar-refractivity contribution in [1.82, 2.24) is 15.2 Å². The first kappa shape index (κ1) is 16.6. The van der Waals surface area contributed by atoms with Crippen molar-refractivity contribution in [3.8, 4) is 0 Å². The van der Waals surface area contributed by atoms with E-state index in [1.54, 1.807) is 0 Å². The summed E-state index contributed by atoms with van der Waals surface area (Å²) in [5.74, 6) is 0.00543. The van der Waals surface area contributed by atoms with Crippen LogP contribution in [-0.2, 0) is 16.0 Å². The summed E-state index contributed by atoms with van der Waals surface area (Å²) in [6.07, 6.45) is 6.93. The summed E-state index contributed by atoms with van der Waals surface area (Å²) < 4.78 is 0.686. The highest BCUT2D eigenvalue weighted by Gasteiger charge is 2.36. The molecule has 7 heteroatoms. The third kappa shape index (κ3) is 3.83. The minimum absolute atomic E-state index is 0.0952. The Hall–Kier alpha value is -1.21. The second-order valence-corrected chi connectivity index (χ2v) is 8.24. The number of thiazole rings is 1. The van der Waals surface area contributed by atoms with Gasteiger partial charge in [0.05, 0.1) is 6.42 Å². The quantitative estimate of drug-likeness (QED) is 0.818. The Morgan fingerprint density at radius 3 is 2.74 bits per heavy atom. The SMILES string of the molecule is Cc1[nH]c(=S)sc1CC(=O)N[C@H]1CCN(C2CCCCC2)C1=O. The zero-order valence-corrected chi connectivity index (χ0v) is 15.0. The molecule has 2 amide bonds. The Morgan fingerprint density at radius 2 is 2.09 bits per heavy atom. The number of nitrogens with zero attached hydrogens (tertiary/aromatic N) is 1. The number of aromatic nitrogens is 1. The minimum atomic E-state index is -0.350. The largest absolute Gasteiger partial charge is 0.344 e. The Bertz CT molecular complexity index is 646. The predicted molar refractivity (Wildman–Crippen MR) is 93.1 cm³/mol. The number of hydrogen-bond acceptors (Lipinski definition) is 4. The minimum Gasteiger partial charge on any atom is -0.344 e. The van der Waals surface area contributed by atoms with E-state index in [0.29, 0.717) is 10.00 Å². The lowest BCUT2D eigenvalue weighted by molar-refractivity contribution is -0.134. The van der Waals surface area contributed by atoms with Crippen LogP contribution in [0.1, 0.15) is 49.1 Å². The molecule has 126 valence electrons. The van der Waals surface area contributed by atoms with Crippen molar-refractivity contribution < 1.29 is 9.59 Å². The van der Waals surface area contributed by atoms with Crippen LogP contribution in [0.15, 0.2) is 0 Å². The Morgan fingerprint density at radius 1 is 1.35 bits per heavy atom. The molecule has 0 radical (unpaired) electrons. The van der Waals surface area contributed by atoms with Crippen LogP contribution in [-0.4, -0.2) is 40.3 Å². The van der Waals surface area contributed by atoms with Crippen LogP contribution in [0.4, 0.5) is 0 Å². The van der Waals surface area contributed by atoms with Gasteiger partial charge in [0.2, 0.25) is 11.8 Å². The van der Waals surface area contributed by atoms with Crippen molar-refractivity contribution in [3.63, 3.8) is 0 Å². The van der Waals surface area contributed by atoms with Gasteiger partial charge in [-0.3, -0.25) is 9.59 Å². The van der Waals surface area contributed by atoms with Crippen molar-refractivity contribution in [3.05, 3.63) is 14.5 Å². The number of H-pyrrole nitrogens is 1. The third-order valence-corrected chi connectivity index (χ3v) is 6.17. The van der Waals surface area contributed by atoms with E-state index in [4.69, 9.17) is 12.2 Å². The van der Waals surface area contributed by atoms with Crippen LogP contribution < -0.4 is 5.32 Å². The maximum absolute atomic E-state index is 12.6. The molecule has 1 saturated heterocycles. The maximum Gasteiger partial charge on any atom is 0.245 e. The molecular formula is C16H23N3O2S2. The number of aryl methyl sites for hydroxylation is 1. The van der Waals surface area contributed by atoms with Gasteiger partial charge in [-0.25, -0.2) is 0 Å². The number of rotatable bonds is 4. The van der Waals surface area contributed by atoms with Crippen LogP contribution in [0.3, 0.4) is 0 Å². The molecule has 1 aliphatic carbocycles. The molecule has 5 nitrogen and oxygen atoms in total. The summed E-state index contributed by atoms with van der Waals surface area (Å²) >= 11 is 6.52. The zero-order valence-electron chi connectivity index (χ0n) is 13.4. The molecule has 0 bridgehead atoms. The summed E-state index contributed by atoms with van der Waals surface area (Å²) in [6.45, 7) is 2.69. The maximum atomic E-state index is 12.6. The number of amides is 2. The predicted octanol–water partition coefficient (Wildman–Crippen LogP) is 2.71. The molecule has 0 unspecified atom stereocenters. The number of carbonyl (C=O) groups excluding carboxylic acids is 2. The second kappa shape index (κ2) is 7.13. The van der Waals surface area contributed by atoms with Gasteiger partial charge in [-0.05, 0) is 38.4 Å². The van der Waals surface area contributed by atoms with Crippen molar-refractivity contribution in [2.75, 3.05) is 6.54 Å². The van der Waals surface area contributed by atoms with Gasteiger partial charge in [0.25, 0.3) is 0 Å². The molecule has 2 aliphatic rings. The molecule has 2 heterocycles. The van der Waals surface area contributed by atoms with E-state index in [1.807, 2.05) is 11.8 Å². The van der Waals surface area contributed by atoms with E-state index >= 15 is 0 Å². The number of carbonyl (C=O) groups is 2. The van der Waals surface area contributed by atoms with Gasteiger partial charge < -0.3 is 15.2 Å².